The number of carbonyl (C=O) groups is 2. The van der Waals surface area contributed by atoms with Crippen LogP contribution in [0.4, 0.5) is 10.1 Å². The standard InChI is InChI=1S/C19H14FN3O5/c1-10(24)13-5-16-17(28-9-27-16)6-15(13)22-18(25)7-23-8-21-14-4-11(20)2-3-12(14)19(23)26/h2-6,8H,7,9H2,1H3,(H,22,25). The van der Waals surface area contributed by atoms with E-state index in [4.69, 9.17) is 9.47 Å². The van der Waals surface area contributed by atoms with Crippen LogP contribution in [0.1, 0.15) is 17.3 Å². The normalized spacial score (nSPS) is 12.2. The molecule has 1 aliphatic heterocycles. The maximum absolute atomic E-state index is 13.3. The third kappa shape index (κ3) is 3.18. The van der Waals surface area contributed by atoms with E-state index in [0.717, 1.165) is 16.7 Å². The van der Waals surface area contributed by atoms with Crippen LogP contribution >= 0.6 is 0 Å². The second kappa shape index (κ2) is 6.76. The van der Waals surface area contributed by atoms with Gasteiger partial charge in [-0.2, -0.15) is 0 Å². The second-order valence-electron chi connectivity index (χ2n) is 6.19. The Bertz CT molecular complexity index is 1190. The van der Waals surface area contributed by atoms with E-state index >= 15 is 0 Å². The van der Waals surface area contributed by atoms with E-state index in [9.17, 15) is 18.8 Å². The van der Waals surface area contributed by atoms with E-state index in [2.05, 4.69) is 10.3 Å². The minimum Gasteiger partial charge on any atom is -0.454 e. The quantitative estimate of drug-likeness (QED) is 0.693. The molecule has 0 saturated carbocycles. The summed E-state index contributed by atoms with van der Waals surface area (Å²) in [5.74, 6) is -0.474. The molecule has 4 rings (SSSR count). The average Bonchev–Trinajstić information content (AvgIpc) is 3.10. The van der Waals surface area contributed by atoms with Crippen LogP contribution in [0.2, 0.25) is 0 Å². The molecule has 2 heterocycles. The van der Waals surface area contributed by atoms with Crippen molar-refractivity contribution in [3.05, 3.63) is 58.4 Å². The van der Waals surface area contributed by atoms with Crippen molar-refractivity contribution in [1.29, 1.82) is 0 Å². The number of ether oxygens (including phenoxy) is 2. The maximum Gasteiger partial charge on any atom is 0.261 e. The van der Waals surface area contributed by atoms with Crippen molar-refractivity contribution in [1.82, 2.24) is 9.55 Å². The van der Waals surface area contributed by atoms with Gasteiger partial charge in [0.25, 0.3) is 5.56 Å². The maximum atomic E-state index is 13.3. The van der Waals surface area contributed by atoms with Gasteiger partial charge in [0, 0.05) is 17.7 Å². The fraction of sp³-hybridized carbons (Fsp3) is 0.158. The van der Waals surface area contributed by atoms with Gasteiger partial charge in [0.2, 0.25) is 12.7 Å². The number of nitrogens with one attached hydrogen (secondary N) is 1. The van der Waals surface area contributed by atoms with Crippen molar-refractivity contribution in [3.8, 4) is 11.5 Å². The minimum absolute atomic E-state index is 0.0306. The topological polar surface area (TPSA) is 99.5 Å². The van der Waals surface area contributed by atoms with Gasteiger partial charge in [-0.15, -0.1) is 0 Å². The molecule has 0 atom stereocenters. The number of hydrogen-bond acceptors (Lipinski definition) is 6. The minimum atomic E-state index is -0.535. The molecule has 1 aliphatic rings. The molecule has 142 valence electrons. The monoisotopic (exact) mass is 383 g/mol. The lowest BCUT2D eigenvalue weighted by Gasteiger charge is -2.11. The zero-order valence-electron chi connectivity index (χ0n) is 14.7. The molecule has 0 radical (unpaired) electrons. The molecule has 8 nitrogen and oxygen atoms in total. The average molecular weight is 383 g/mol. The van der Waals surface area contributed by atoms with Crippen molar-refractivity contribution in [2.45, 2.75) is 13.5 Å². The number of carbonyl (C=O) groups excluding carboxylic acids is 2. The summed E-state index contributed by atoms with van der Waals surface area (Å²) in [5.41, 5.74) is 0.247. The second-order valence-corrected chi connectivity index (χ2v) is 6.19. The first-order chi connectivity index (χ1) is 13.4. The molecule has 9 heteroatoms. The van der Waals surface area contributed by atoms with E-state index in [1.165, 1.54) is 31.5 Å². The summed E-state index contributed by atoms with van der Waals surface area (Å²) >= 11 is 0. The van der Waals surface area contributed by atoms with Crippen molar-refractivity contribution in [2.24, 2.45) is 0 Å². The first kappa shape index (κ1) is 17.7. The number of anilines is 1. The number of amides is 1. The molecule has 0 fully saturated rings. The molecular formula is C19H14FN3O5. The zero-order chi connectivity index (χ0) is 19.8. The fourth-order valence-electron chi connectivity index (χ4n) is 2.93. The highest BCUT2D eigenvalue weighted by atomic mass is 19.1. The molecule has 0 saturated heterocycles. The van der Waals surface area contributed by atoms with Crippen LogP contribution < -0.4 is 20.3 Å². The molecule has 0 unspecified atom stereocenters. The third-order valence-corrected chi connectivity index (χ3v) is 4.27. The zero-order valence-corrected chi connectivity index (χ0v) is 14.7. The Morgan fingerprint density at radius 2 is 1.96 bits per heavy atom. The van der Waals surface area contributed by atoms with Gasteiger partial charge in [-0.05, 0) is 25.1 Å². The van der Waals surface area contributed by atoms with Crippen LogP contribution in [0, 0.1) is 5.82 Å². The van der Waals surface area contributed by atoms with Gasteiger partial charge in [0.15, 0.2) is 17.3 Å². The Morgan fingerprint density at radius 3 is 2.71 bits per heavy atom. The summed E-state index contributed by atoms with van der Waals surface area (Å²) in [6.45, 7) is 1.07. The highest BCUT2D eigenvalue weighted by Gasteiger charge is 2.20. The van der Waals surface area contributed by atoms with Gasteiger partial charge in [-0.1, -0.05) is 0 Å². The predicted molar refractivity (Wildman–Crippen MR) is 97.2 cm³/mol. The van der Waals surface area contributed by atoms with Crippen molar-refractivity contribution >= 4 is 28.3 Å². The predicted octanol–water partition coefficient (Wildman–Crippen LogP) is 2.11. The van der Waals surface area contributed by atoms with E-state index in [0.29, 0.717) is 11.5 Å². The molecule has 1 N–H and O–H groups in total. The molecule has 0 spiro atoms. The largest absolute Gasteiger partial charge is 0.454 e. The van der Waals surface area contributed by atoms with Crippen LogP contribution in [0.25, 0.3) is 10.9 Å². The molecule has 2 aromatic carbocycles. The summed E-state index contributed by atoms with van der Waals surface area (Å²) in [7, 11) is 0. The number of nitrogens with zero attached hydrogens (tertiary/aromatic N) is 2. The van der Waals surface area contributed by atoms with Gasteiger partial charge < -0.3 is 14.8 Å². The van der Waals surface area contributed by atoms with Crippen LogP contribution in [0.15, 0.2) is 41.5 Å². The van der Waals surface area contributed by atoms with Gasteiger partial charge in [-0.25, -0.2) is 9.37 Å². The lowest BCUT2D eigenvalue weighted by atomic mass is 10.1. The Balaban J connectivity index is 1.61. The van der Waals surface area contributed by atoms with Gasteiger partial charge in [-0.3, -0.25) is 19.0 Å². The number of aromatic nitrogens is 2. The SMILES string of the molecule is CC(=O)c1cc2c(cc1NC(=O)Cn1cnc3cc(F)ccc3c1=O)OCO2. The summed E-state index contributed by atoms with van der Waals surface area (Å²) in [6.07, 6.45) is 1.18. The number of fused-ring (bicyclic) bond motifs is 2. The third-order valence-electron chi connectivity index (χ3n) is 4.27. The Hall–Kier alpha value is -3.75. The van der Waals surface area contributed by atoms with E-state index < -0.39 is 17.3 Å². The Kier molecular flexibility index (Phi) is 4.26. The van der Waals surface area contributed by atoms with Crippen LogP contribution in [-0.4, -0.2) is 28.0 Å². The number of Topliss-reactive ketones (excluding diaryl/α,β-unsaturated/α-hetero) is 1. The first-order valence-electron chi connectivity index (χ1n) is 8.31. The highest BCUT2D eigenvalue weighted by molar-refractivity contribution is 6.04. The van der Waals surface area contributed by atoms with Crippen LogP contribution in [0.3, 0.4) is 0 Å². The molecule has 1 aromatic heterocycles. The van der Waals surface area contributed by atoms with E-state index in [-0.39, 0.29) is 41.3 Å². The summed E-state index contributed by atoms with van der Waals surface area (Å²) in [4.78, 5) is 40.8. The van der Waals surface area contributed by atoms with Crippen LogP contribution in [0.5, 0.6) is 11.5 Å². The van der Waals surface area contributed by atoms with E-state index in [1.54, 1.807) is 0 Å². The van der Waals surface area contributed by atoms with E-state index in [1.807, 2.05) is 0 Å². The first-order valence-corrected chi connectivity index (χ1v) is 8.31. The smallest absolute Gasteiger partial charge is 0.261 e. The summed E-state index contributed by atoms with van der Waals surface area (Å²) in [6, 6.07) is 6.62. The van der Waals surface area contributed by atoms with Crippen molar-refractivity contribution in [2.75, 3.05) is 12.1 Å². The number of hydrogen-bond donors (Lipinski definition) is 1. The molecule has 0 bridgehead atoms. The van der Waals surface area contributed by atoms with Crippen molar-refractivity contribution in [3.63, 3.8) is 0 Å². The fourth-order valence-corrected chi connectivity index (χ4v) is 2.93. The summed E-state index contributed by atoms with van der Waals surface area (Å²) < 4.78 is 24.9. The summed E-state index contributed by atoms with van der Waals surface area (Å²) in [5, 5.41) is 2.81. The highest BCUT2D eigenvalue weighted by Crippen LogP contribution is 2.37. The molecule has 28 heavy (non-hydrogen) atoms. The number of rotatable bonds is 4. The number of ketones is 1. The number of halogens is 1. The Labute approximate surface area is 157 Å². The van der Waals surface area contributed by atoms with Gasteiger partial charge in [0.05, 0.1) is 22.9 Å². The molecular weight excluding hydrogens is 369 g/mol. The van der Waals surface area contributed by atoms with Gasteiger partial charge in [0.1, 0.15) is 12.4 Å². The molecule has 0 aliphatic carbocycles. The van der Waals surface area contributed by atoms with Crippen molar-refractivity contribution < 1.29 is 23.5 Å². The van der Waals surface area contributed by atoms with Gasteiger partial charge >= 0.3 is 0 Å². The lowest BCUT2D eigenvalue weighted by molar-refractivity contribution is -0.116. The van der Waals surface area contributed by atoms with Crippen LogP contribution in [-0.2, 0) is 11.3 Å². The molecule has 3 aromatic rings. The molecule has 1 amide bonds. The number of benzene rings is 2. The lowest BCUT2D eigenvalue weighted by Crippen LogP contribution is -2.28. The Morgan fingerprint density at radius 1 is 1.21 bits per heavy atom.